The quantitative estimate of drug-likeness (QED) is 0.319. The number of para-hydroxylation sites is 1. The summed E-state index contributed by atoms with van der Waals surface area (Å²) in [7, 11) is 2.14. The first-order valence-electron chi connectivity index (χ1n) is 12.1. The van der Waals surface area contributed by atoms with Crippen molar-refractivity contribution in [3.63, 3.8) is 0 Å². The zero-order valence-corrected chi connectivity index (χ0v) is 21.9. The molecule has 6 rings (SSSR count). The van der Waals surface area contributed by atoms with Gasteiger partial charge >= 0.3 is 0 Å². The third kappa shape index (κ3) is 4.60. The van der Waals surface area contributed by atoms with Crippen molar-refractivity contribution in [1.82, 2.24) is 24.6 Å². The summed E-state index contributed by atoms with van der Waals surface area (Å²) in [6.07, 6.45) is 3.00. The van der Waals surface area contributed by atoms with E-state index in [1.165, 1.54) is 22.8 Å². The van der Waals surface area contributed by atoms with Crippen LogP contribution >= 0.6 is 23.2 Å². The van der Waals surface area contributed by atoms with Gasteiger partial charge in [0.15, 0.2) is 11.5 Å². The number of aromatic nitrogens is 4. The van der Waals surface area contributed by atoms with Gasteiger partial charge in [-0.25, -0.2) is 9.97 Å². The van der Waals surface area contributed by atoms with Gasteiger partial charge < -0.3 is 19.5 Å². The van der Waals surface area contributed by atoms with Crippen LogP contribution in [0.1, 0.15) is 0 Å². The van der Waals surface area contributed by atoms with Crippen LogP contribution < -0.4 is 15.8 Å². The molecule has 0 amide bonds. The third-order valence-electron chi connectivity index (χ3n) is 6.53. The molecule has 9 nitrogen and oxygen atoms in total. The maximum Gasteiger partial charge on any atom is 0.282 e. The van der Waals surface area contributed by atoms with Crippen LogP contribution in [0.5, 0.6) is 0 Å². The second kappa shape index (κ2) is 10.1. The number of benzene rings is 2. The largest absolute Gasteiger partial charge is 0.463 e. The highest BCUT2D eigenvalue weighted by molar-refractivity contribution is 6.37. The molecule has 1 aliphatic heterocycles. The zero-order valence-electron chi connectivity index (χ0n) is 20.4. The summed E-state index contributed by atoms with van der Waals surface area (Å²) in [5.41, 5.74) is 2.52. The Bertz CT molecular complexity index is 1640. The normalized spacial score (nSPS) is 14.2. The first kappa shape index (κ1) is 24.4. The van der Waals surface area contributed by atoms with E-state index in [4.69, 9.17) is 27.6 Å². The smallest absolute Gasteiger partial charge is 0.282 e. The van der Waals surface area contributed by atoms with Crippen LogP contribution in [0, 0.1) is 0 Å². The number of likely N-dealkylation sites (N-methyl/N-ethyl adjacent to an activating group) is 1. The van der Waals surface area contributed by atoms with Gasteiger partial charge in [0.1, 0.15) is 11.2 Å². The van der Waals surface area contributed by atoms with Crippen molar-refractivity contribution in [1.29, 1.82) is 0 Å². The van der Waals surface area contributed by atoms with Gasteiger partial charge in [0.05, 0.1) is 21.7 Å². The minimum Gasteiger partial charge on any atom is -0.463 e. The number of fused-ring (bicyclic) bond motifs is 1. The van der Waals surface area contributed by atoms with Crippen molar-refractivity contribution < 1.29 is 4.42 Å². The summed E-state index contributed by atoms with van der Waals surface area (Å²) >= 11 is 12.8. The molecule has 0 unspecified atom stereocenters. The first-order chi connectivity index (χ1) is 18.5. The molecular weight excluding hydrogens is 525 g/mol. The second-order valence-corrected chi connectivity index (χ2v) is 9.85. The minimum absolute atomic E-state index is 0.248. The van der Waals surface area contributed by atoms with Crippen LogP contribution in [0.4, 0.5) is 17.3 Å². The van der Waals surface area contributed by atoms with E-state index in [-0.39, 0.29) is 21.1 Å². The molecule has 0 saturated carbocycles. The number of rotatable bonds is 5. The molecule has 1 aliphatic rings. The summed E-state index contributed by atoms with van der Waals surface area (Å²) in [6.45, 7) is 4.08. The summed E-state index contributed by atoms with van der Waals surface area (Å²) in [6, 6.07) is 16.6. The highest BCUT2D eigenvalue weighted by atomic mass is 35.5. The van der Waals surface area contributed by atoms with Gasteiger partial charge in [-0.3, -0.25) is 4.79 Å². The van der Waals surface area contributed by atoms with E-state index in [1.807, 2.05) is 12.1 Å². The van der Waals surface area contributed by atoms with Gasteiger partial charge in [0.25, 0.3) is 5.56 Å². The lowest BCUT2D eigenvalue weighted by Gasteiger charge is -2.34. The molecule has 0 bridgehead atoms. The van der Waals surface area contributed by atoms with E-state index < -0.39 is 5.56 Å². The highest BCUT2D eigenvalue weighted by Gasteiger charge is 2.20. The average Bonchev–Trinajstić information content (AvgIpc) is 3.46. The van der Waals surface area contributed by atoms with Crippen LogP contribution in [0.25, 0.3) is 28.0 Å². The molecule has 38 heavy (non-hydrogen) atoms. The first-order valence-corrected chi connectivity index (χ1v) is 12.8. The fourth-order valence-electron chi connectivity index (χ4n) is 4.46. The fraction of sp³-hybridized carbons (Fsp3) is 0.185. The Kier molecular flexibility index (Phi) is 6.49. The van der Waals surface area contributed by atoms with Crippen molar-refractivity contribution in [3.05, 3.63) is 87.5 Å². The molecule has 0 radical (unpaired) electrons. The predicted octanol–water partition coefficient (Wildman–Crippen LogP) is 5.24. The Morgan fingerprint density at radius 2 is 1.68 bits per heavy atom. The van der Waals surface area contributed by atoms with Gasteiger partial charge in [-0.05, 0) is 55.6 Å². The molecule has 11 heteroatoms. The van der Waals surface area contributed by atoms with E-state index >= 15 is 0 Å². The number of hydrogen-bond donors (Lipinski definition) is 1. The SMILES string of the molecule is CN1CCN(c2ccc(Nc3ncc4c(=O)n(-c5c(Cl)cccc5Cl)nc(-c5ccco5)c4n3)cc2)CC1. The monoisotopic (exact) mass is 547 g/mol. The van der Waals surface area contributed by atoms with E-state index in [2.05, 4.69) is 49.4 Å². The van der Waals surface area contributed by atoms with Crippen LogP contribution in [0.15, 0.2) is 76.3 Å². The lowest BCUT2D eigenvalue weighted by molar-refractivity contribution is 0.313. The Balaban J connectivity index is 1.38. The van der Waals surface area contributed by atoms with Gasteiger partial charge in [0, 0.05) is 43.8 Å². The van der Waals surface area contributed by atoms with E-state index in [9.17, 15) is 4.79 Å². The molecule has 1 saturated heterocycles. The number of nitrogens with zero attached hydrogens (tertiary/aromatic N) is 6. The Morgan fingerprint density at radius 3 is 2.37 bits per heavy atom. The van der Waals surface area contributed by atoms with Gasteiger partial charge in [-0.1, -0.05) is 29.3 Å². The number of hydrogen-bond acceptors (Lipinski definition) is 8. The van der Waals surface area contributed by atoms with Crippen molar-refractivity contribution in [2.45, 2.75) is 0 Å². The molecular formula is C27H23Cl2N7O2. The van der Waals surface area contributed by atoms with E-state index in [1.54, 1.807) is 30.3 Å². The highest BCUT2D eigenvalue weighted by Crippen LogP contribution is 2.30. The van der Waals surface area contributed by atoms with Gasteiger partial charge in [0.2, 0.25) is 5.95 Å². The van der Waals surface area contributed by atoms with Crippen LogP contribution in [-0.4, -0.2) is 57.9 Å². The zero-order chi connectivity index (χ0) is 26.2. The molecule has 1 N–H and O–H groups in total. The van der Waals surface area contributed by atoms with Crippen molar-refractivity contribution >= 4 is 51.4 Å². The second-order valence-electron chi connectivity index (χ2n) is 9.03. The van der Waals surface area contributed by atoms with E-state index in [0.717, 1.165) is 31.9 Å². The standard InChI is InChI=1S/C27H23Cl2N7O2/c1-34-11-13-35(14-12-34)18-9-7-17(8-10-18)31-27-30-16-19-23(32-27)24(22-6-3-15-38-22)33-36(26(19)37)25-20(28)4-2-5-21(25)29/h2-10,15-16H,11-14H2,1H3,(H,30,31,32). The topological polar surface area (TPSA) is 92.3 Å². The Labute approximate surface area is 228 Å². The minimum atomic E-state index is -0.451. The number of piperazine rings is 1. The van der Waals surface area contributed by atoms with Crippen LogP contribution in [0.3, 0.4) is 0 Å². The molecule has 1 fully saturated rings. The van der Waals surface area contributed by atoms with Crippen molar-refractivity contribution in [2.24, 2.45) is 0 Å². The Hall–Kier alpha value is -3.92. The number of furan rings is 1. The molecule has 5 aromatic rings. The summed E-state index contributed by atoms with van der Waals surface area (Å²) in [5.74, 6) is 0.764. The maximum atomic E-state index is 13.5. The summed E-state index contributed by atoms with van der Waals surface area (Å²) in [4.78, 5) is 27.2. The molecule has 0 aliphatic carbocycles. The Morgan fingerprint density at radius 1 is 0.947 bits per heavy atom. The molecule has 4 heterocycles. The van der Waals surface area contributed by atoms with Crippen molar-refractivity contribution in [2.75, 3.05) is 43.4 Å². The van der Waals surface area contributed by atoms with Crippen LogP contribution in [0.2, 0.25) is 10.0 Å². The maximum absolute atomic E-state index is 13.5. The molecule has 0 atom stereocenters. The average molecular weight is 548 g/mol. The fourth-order valence-corrected chi connectivity index (χ4v) is 5.02. The third-order valence-corrected chi connectivity index (χ3v) is 7.14. The molecule has 0 spiro atoms. The van der Waals surface area contributed by atoms with Gasteiger partial charge in [-0.2, -0.15) is 9.78 Å². The molecule has 192 valence electrons. The number of anilines is 3. The van der Waals surface area contributed by atoms with Crippen LogP contribution in [-0.2, 0) is 0 Å². The number of halogens is 2. The predicted molar refractivity (Wildman–Crippen MR) is 150 cm³/mol. The van der Waals surface area contributed by atoms with Crippen molar-refractivity contribution in [3.8, 4) is 17.1 Å². The summed E-state index contributed by atoms with van der Waals surface area (Å²) in [5, 5.41) is 8.62. The lowest BCUT2D eigenvalue weighted by atomic mass is 10.2. The number of nitrogens with one attached hydrogen (secondary N) is 1. The van der Waals surface area contributed by atoms with Gasteiger partial charge in [-0.15, -0.1) is 0 Å². The molecule has 3 aromatic heterocycles. The van der Waals surface area contributed by atoms with E-state index in [0.29, 0.717) is 22.9 Å². The molecule has 2 aromatic carbocycles. The lowest BCUT2D eigenvalue weighted by Crippen LogP contribution is -2.44. The summed E-state index contributed by atoms with van der Waals surface area (Å²) < 4.78 is 6.79.